The maximum absolute atomic E-state index is 6.15. The third kappa shape index (κ3) is 2.05. The summed E-state index contributed by atoms with van der Waals surface area (Å²) in [6.07, 6.45) is 1.77. The summed E-state index contributed by atoms with van der Waals surface area (Å²) in [4.78, 5) is 4.27. The molecule has 0 fully saturated rings. The molecule has 1 aromatic heterocycles. The number of benzene rings is 1. The van der Waals surface area contributed by atoms with Gasteiger partial charge in [-0.05, 0) is 30.2 Å². The molecule has 0 radical (unpaired) electrons. The van der Waals surface area contributed by atoms with Crippen LogP contribution in [0.3, 0.4) is 0 Å². The van der Waals surface area contributed by atoms with Crippen LogP contribution in [-0.2, 0) is 0 Å². The zero-order valence-electron chi connectivity index (χ0n) is 8.72. The van der Waals surface area contributed by atoms with E-state index in [9.17, 15) is 0 Å². The van der Waals surface area contributed by atoms with Gasteiger partial charge in [-0.25, -0.2) is 0 Å². The van der Waals surface area contributed by atoms with Gasteiger partial charge in [0.15, 0.2) is 0 Å². The van der Waals surface area contributed by atoms with Crippen LogP contribution >= 0.6 is 0 Å². The van der Waals surface area contributed by atoms with Crippen molar-refractivity contribution in [1.82, 2.24) is 4.98 Å². The maximum Gasteiger partial charge on any atom is 0.0728 e. The molecule has 0 aliphatic rings. The first-order valence-electron chi connectivity index (χ1n) is 5.01. The Morgan fingerprint density at radius 3 is 2.47 bits per heavy atom. The van der Waals surface area contributed by atoms with Gasteiger partial charge < -0.3 is 5.73 Å². The van der Waals surface area contributed by atoms with Crippen LogP contribution in [0.5, 0.6) is 0 Å². The van der Waals surface area contributed by atoms with Gasteiger partial charge in [-0.3, -0.25) is 4.98 Å². The van der Waals surface area contributed by atoms with Crippen LogP contribution in [0.2, 0.25) is 0 Å². The van der Waals surface area contributed by atoms with Crippen LogP contribution in [-0.4, -0.2) is 4.98 Å². The molecule has 15 heavy (non-hydrogen) atoms. The molecule has 2 nitrogen and oxygen atoms in total. The van der Waals surface area contributed by atoms with E-state index in [2.05, 4.69) is 24.0 Å². The van der Waals surface area contributed by atoms with E-state index in [1.54, 1.807) is 6.20 Å². The molecule has 1 atom stereocenters. The fraction of sp³-hybridized carbons (Fsp3) is 0.154. The summed E-state index contributed by atoms with van der Waals surface area (Å²) < 4.78 is 0. The minimum Gasteiger partial charge on any atom is -0.319 e. The Hall–Kier alpha value is -1.67. The van der Waals surface area contributed by atoms with Crippen molar-refractivity contribution in [2.45, 2.75) is 13.0 Å². The number of aryl methyl sites for hydroxylation is 1. The molecule has 1 aromatic carbocycles. The van der Waals surface area contributed by atoms with Crippen molar-refractivity contribution >= 4 is 0 Å². The van der Waals surface area contributed by atoms with Crippen LogP contribution in [0, 0.1) is 6.92 Å². The Kier molecular flexibility index (Phi) is 2.79. The molecule has 76 valence electrons. The van der Waals surface area contributed by atoms with Gasteiger partial charge in [0.05, 0.1) is 11.7 Å². The molecule has 0 bridgehead atoms. The van der Waals surface area contributed by atoms with E-state index in [0.717, 1.165) is 11.3 Å². The van der Waals surface area contributed by atoms with Crippen LogP contribution in [0.4, 0.5) is 0 Å². The van der Waals surface area contributed by atoms with E-state index in [1.807, 2.05) is 30.3 Å². The van der Waals surface area contributed by atoms with Crippen molar-refractivity contribution in [2.24, 2.45) is 5.73 Å². The highest BCUT2D eigenvalue weighted by atomic mass is 14.8. The maximum atomic E-state index is 6.15. The van der Waals surface area contributed by atoms with Crippen molar-refractivity contribution in [1.29, 1.82) is 0 Å². The summed E-state index contributed by atoms with van der Waals surface area (Å²) in [7, 11) is 0. The molecular formula is C13H14N2. The molecule has 0 unspecified atom stereocenters. The number of hydrogen-bond donors (Lipinski definition) is 1. The zero-order valence-corrected chi connectivity index (χ0v) is 8.72. The summed E-state index contributed by atoms with van der Waals surface area (Å²) in [5.74, 6) is 0. The van der Waals surface area contributed by atoms with Gasteiger partial charge in [-0.1, -0.05) is 30.3 Å². The van der Waals surface area contributed by atoms with E-state index in [4.69, 9.17) is 5.73 Å². The number of hydrogen-bond acceptors (Lipinski definition) is 2. The van der Waals surface area contributed by atoms with E-state index < -0.39 is 0 Å². The predicted molar refractivity (Wildman–Crippen MR) is 61.4 cm³/mol. The van der Waals surface area contributed by atoms with Crippen molar-refractivity contribution in [3.05, 3.63) is 65.5 Å². The fourth-order valence-corrected chi connectivity index (χ4v) is 1.65. The van der Waals surface area contributed by atoms with Gasteiger partial charge in [0.1, 0.15) is 0 Å². The second-order valence-electron chi connectivity index (χ2n) is 3.59. The molecule has 0 aliphatic carbocycles. The van der Waals surface area contributed by atoms with Gasteiger partial charge in [-0.2, -0.15) is 0 Å². The van der Waals surface area contributed by atoms with Crippen LogP contribution < -0.4 is 5.73 Å². The molecule has 2 rings (SSSR count). The molecule has 0 amide bonds. The molecule has 0 aliphatic heterocycles. The average Bonchev–Trinajstić information content (AvgIpc) is 2.30. The first-order chi connectivity index (χ1) is 7.29. The highest BCUT2D eigenvalue weighted by Crippen LogP contribution is 2.20. The zero-order chi connectivity index (χ0) is 10.7. The van der Waals surface area contributed by atoms with E-state index in [-0.39, 0.29) is 6.04 Å². The minimum absolute atomic E-state index is 0.132. The van der Waals surface area contributed by atoms with Crippen molar-refractivity contribution in [3.8, 4) is 0 Å². The van der Waals surface area contributed by atoms with E-state index in [0.29, 0.717) is 0 Å². The molecule has 0 saturated heterocycles. The molecule has 0 spiro atoms. The lowest BCUT2D eigenvalue weighted by Crippen LogP contribution is -2.14. The lowest BCUT2D eigenvalue weighted by atomic mass is 9.99. The Bertz CT molecular complexity index is 437. The number of rotatable bonds is 2. The average molecular weight is 198 g/mol. The standard InChI is InChI=1S/C13H14N2/c1-10-6-2-3-7-11(10)13(14)12-8-4-5-9-15-12/h2-9,13H,14H2,1H3/t13-/m1/s1. The van der Waals surface area contributed by atoms with Gasteiger partial charge in [0, 0.05) is 6.20 Å². The van der Waals surface area contributed by atoms with Gasteiger partial charge in [0.2, 0.25) is 0 Å². The Labute approximate surface area is 89.8 Å². The third-order valence-corrected chi connectivity index (χ3v) is 2.53. The van der Waals surface area contributed by atoms with Crippen molar-refractivity contribution < 1.29 is 0 Å². The fourth-order valence-electron chi connectivity index (χ4n) is 1.65. The number of pyridine rings is 1. The molecule has 1 heterocycles. The first kappa shape index (κ1) is 9.87. The smallest absolute Gasteiger partial charge is 0.0728 e. The summed E-state index contributed by atoms with van der Waals surface area (Å²) in [5, 5.41) is 0. The highest BCUT2D eigenvalue weighted by molar-refractivity contribution is 5.33. The number of aromatic nitrogens is 1. The molecular weight excluding hydrogens is 184 g/mol. The van der Waals surface area contributed by atoms with Crippen LogP contribution in [0.25, 0.3) is 0 Å². The van der Waals surface area contributed by atoms with E-state index in [1.165, 1.54) is 5.56 Å². The summed E-state index contributed by atoms with van der Waals surface area (Å²) in [6.45, 7) is 2.07. The van der Waals surface area contributed by atoms with Crippen molar-refractivity contribution in [2.75, 3.05) is 0 Å². The molecule has 2 N–H and O–H groups in total. The highest BCUT2D eigenvalue weighted by Gasteiger charge is 2.10. The lowest BCUT2D eigenvalue weighted by Gasteiger charge is -2.13. The normalized spacial score (nSPS) is 12.4. The van der Waals surface area contributed by atoms with Gasteiger partial charge >= 0.3 is 0 Å². The molecule has 2 aromatic rings. The third-order valence-electron chi connectivity index (χ3n) is 2.53. The Morgan fingerprint density at radius 1 is 1.07 bits per heavy atom. The summed E-state index contributed by atoms with van der Waals surface area (Å²) in [5.41, 5.74) is 9.40. The molecule has 2 heteroatoms. The number of nitrogens with zero attached hydrogens (tertiary/aromatic N) is 1. The predicted octanol–water partition coefficient (Wildman–Crippen LogP) is 2.44. The van der Waals surface area contributed by atoms with Gasteiger partial charge in [-0.15, -0.1) is 0 Å². The monoisotopic (exact) mass is 198 g/mol. The summed E-state index contributed by atoms with van der Waals surface area (Å²) >= 11 is 0. The van der Waals surface area contributed by atoms with Crippen LogP contribution in [0.15, 0.2) is 48.7 Å². The minimum atomic E-state index is -0.132. The van der Waals surface area contributed by atoms with Gasteiger partial charge in [0.25, 0.3) is 0 Å². The quantitative estimate of drug-likeness (QED) is 0.805. The SMILES string of the molecule is Cc1ccccc1[C@@H](N)c1ccccn1. The molecule has 0 saturated carbocycles. The lowest BCUT2D eigenvalue weighted by molar-refractivity contribution is 0.821. The number of nitrogens with two attached hydrogens (primary N) is 1. The Morgan fingerprint density at radius 2 is 1.80 bits per heavy atom. The van der Waals surface area contributed by atoms with Crippen molar-refractivity contribution in [3.63, 3.8) is 0 Å². The second-order valence-corrected chi connectivity index (χ2v) is 3.59. The summed E-state index contributed by atoms with van der Waals surface area (Å²) in [6, 6.07) is 13.8. The topological polar surface area (TPSA) is 38.9 Å². The Balaban J connectivity index is 2.37. The second kappa shape index (κ2) is 4.24. The van der Waals surface area contributed by atoms with E-state index >= 15 is 0 Å². The van der Waals surface area contributed by atoms with Crippen LogP contribution in [0.1, 0.15) is 22.9 Å². The first-order valence-corrected chi connectivity index (χ1v) is 5.01. The largest absolute Gasteiger partial charge is 0.319 e.